The second-order valence-corrected chi connectivity index (χ2v) is 14.2. The van der Waals surface area contributed by atoms with Gasteiger partial charge in [0.2, 0.25) is 0 Å². The average Bonchev–Trinajstić information content (AvgIpc) is 3.92. The third-order valence-corrected chi connectivity index (χ3v) is 11.8. The Morgan fingerprint density at radius 1 is 0.294 bits per heavy atom. The minimum Gasteiger partial charge on any atom is -0.354 e. The van der Waals surface area contributed by atoms with Gasteiger partial charge in [0.25, 0.3) is 0 Å². The van der Waals surface area contributed by atoms with Crippen LogP contribution in [0.25, 0.3) is 88.1 Å². The largest absolute Gasteiger partial charge is 0.354 e. The Labute approximate surface area is 294 Å². The highest BCUT2D eigenvalue weighted by Gasteiger charge is 2.51. The van der Waals surface area contributed by atoms with Crippen LogP contribution in [0.4, 0.5) is 0 Å². The van der Waals surface area contributed by atoms with Gasteiger partial charge in [-0.05, 0) is 79.9 Å². The second-order valence-electron chi connectivity index (χ2n) is 14.2. The molecule has 12 rings (SSSR count). The Kier molecular flexibility index (Phi) is 5.20. The molecular weight excluding hydrogens is 617 g/mol. The predicted molar refractivity (Wildman–Crippen MR) is 212 cm³/mol. The first-order valence-corrected chi connectivity index (χ1v) is 17.8. The molecule has 2 aliphatic carbocycles. The summed E-state index contributed by atoms with van der Waals surface area (Å²) in [7, 11) is 0. The first-order valence-electron chi connectivity index (χ1n) is 17.8. The number of fused-ring (bicyclic) bond motifs is 16. The van der Waals surface area contributed by atoms with E-state index < -0.39 is 5.41 Å². The van der Waals surface area contributed by atoms with Gasteiger partial charge in [-0.25, -0.2) is 0 Å². The van der Waals surface area contributed by atoms with Gasteiger partial charge >= 0.3 is 0 Å². The van der Waals surface area contributed by atoms with Crippen molar-refractivity contribution in [1.82, 2.24) is 9.97 Å². The normalized spacial score (nSPS) is 13.6. The Balaban J connectivity index is 1.15. The van der Waals surface area contributed by atoms with Gasteiger partial charge in [0.05, 0.1) is 16.4 Å². The van der Waals surface area contributed by atoms with Gasteiger partial charge in [0.15, 0.2) is 0 Å². The highest BCUT2D eigenvalue weighted by atomic mass is 14.7. The van der Waals surface area contributed by atoms with Crippen molar-refractivity contribution in [3.8, 4) is 44.5 Å². The van der Waals surface area contributed by atoms with Crippen LogP contribution in [0.1, 0.15) is 22.3 Å². The smallest absolute Gasteiger partial charge is 0.0725 e. The van der Waals surface area contributed by atoms with Gasteiger partial charge < -0.3 is 9.97 Å². The number of aromatic nitrogens is 2. The van der Waals surface area contributed by atoms with Gasteiger partial charge in [-0.1, -0.05) is 146 Å². The zero-order chi connectivity index (χ0) is 33.3. The summed E-state index contributed by atoms with van der Waals surface area (Å²) in [6.45, 7) is 0. The molecule has 0 radical (unpaired) electrons. The van der Waals surface area contributed by atoms with E-state index >= 15 is 0 Å². The molecule has 2 aromatic heterocycles. The van der Waals surface area contributed by atoms with Crippen molar-refractivity contribution in [2.24, 2.45) is 0 Å². The van der Waals surface area contributed by atoms with E-state index in [0.29, 0.717) is 0 Å². The molecule has 236 valence electrons. The summed E-state index contributed by atoms with van der Waals surface area (Å²) in [4.78, 5) is 7.54. The highest BCUT2D eigenvalue weighted by Crippen LogP contribution is 2.63. The van der Waals surface area contributed by atoms with Crippen molar-refractivity contribution < 1.29 is 0 Å². The summed E-state index contributed by atoms with van der Waals surface area (Å²) < 4.78 is 0. The SMILES string of the molecule is c1ccc2c(c1)-c1ccc(-c3cccc4c3[nH]c3ccccc34)cc1C21c2ccccc2-c2ccc(-c3cccc4c3[nH]c3ccccc34)cc21. The number of aromatic amines is 2. The fraction of sp³-hybridized carbons (Fsp3) is 0.0204. The lowest BCUT2D eigenvalue weighted by molar-refractivity contribution is 0.794. The van der Waals surface area contributed by atoms with Crippen LogP contribution >= 0.6 is 0 Å². The molecule has 0 saturated heterocycles. The van der Waals surface area contributed by atoms with Crippen molar-refractivity contribution >= 4 is 43.6 Å². The molecule has 1 spiro atoms. The van der Waals surface area contributed by atoms with Gasteiger partial charge in [-0.15, -0.1) is 0 Å². The Bertz CT molecular complexity index is 2890. The van der Waals surface area contributed by atoms with Crippen LogP contribution in [0.15, 0.2) is 170 Å². The molecule has 2 heteroatoms. The number of benzene rings is 8. The van der Waals surface area contributed by atoms with Crippen molar-refractivity contribution in [2.75, 3.05) is 0 Å². The second kappa shape index (κ2) is 9.74. The van der Waals surface area contributed by atoms with Crippen molar-refractivity contribution in [1.29, 1.82) is 0 Å². The Hall–Kier alpha value is -6.64. The molecule has 10 aromatic rings. The van der Waals surface area contributed by atoms with Gasteiger partial charge in [-0.2, -0.15) is 0 Å². The number of para-hydroxylation sites is 4. The maximum Gasteiger partial charge on any atom is 0.0725 e. The minimum absolute atomic E-state index is 0.452. The summed E-state index contributed by atoms with van der Waals surface area (Å²) in [6.07, 6.45) is 0. The molecule has 0 saturated carbocycles. The third kappa shape index (κ3) is 3.42. The van der Waals surface area contributed by atoms with Crippen LogP contribution < -0.4 is 0 Å². The first-order chi connectivity index (χ1) is 25.3. The lowest BCUT2D eigenvalue weighted by Gasteiger charge is -2.31. The van der Waals surface area contributed by atoms with Crippen LogP contribution in [-0.4, -0.2) is 9.97 Å². The van der Waals surface area contributed by atoms with Crippen LogP contribution in [0, 0.1) is 0 Å². The van der Waals surface area contributed by atoms with Crippen molar-refractivity contribution in [3.05, 3.63) is 192 Å². The summed E-state index contributed by atoms with van der Waals surface area (Å²) in [6, 6.07) is 63.2. The standard InChI is InChI=1S/C49H30N2/c1-5-19-41-33(11-1)35-25-23-29(31-15-9-17-39-37-13-3-7-21-45(37)50-47(31)39)27-43(35)49(41)42-20-6-2-12-34(42)36-26-24-30(28-44(36)49)32-16-10-18-40-38-14-4-8-22-46(38)51-48(32)40/h1-28,50-51H. The number of H-pyrrole nitrogens is 2. The van der Waals surface area contributed by atoms with Crippen LogP contribution in [0.2, 0.25) is 0 Å². The van der Waals surface area contributed by atoms with Crippen molar-refractivity contribution in [2.45, 2.75) is 5.41 Å². The van der Waals surface area contributed by atoms with E-state index in [1.54, 1.807) is 0 Å². The zero-order valence-corrected chi connectivity index (χ0v) is 27.7. The van der Waals surface area contributed by atoms with E-state index in [1.165, 1.54) is 110 Å². The molecule has 0 fully saturated rings. The molecule has 0 bridgehead atoms. The maximum absolute atomic E-state index is 3.77. The molecule has 51 heavy (non-hydrogen) atoms. The molecular formula is C49H30N2. The first kappa shape index (κ1) is 27.2. The quantitative estimate of drug-likeness (QED) is 0.187. The molecule has 2 heterocycles. The molecule has 0 atom stereocenters. The summed E-state index contributed by atoms with van der Waals surface area (Å²) in [5.74, 6) is 0. The fourth-order valence-electron chi connectivity index (χ4n) is 9.70. The summed E-state index contributed by atoms with van der Waals surface area (Å²) >= 11 is 0. The maximum atomic E-state index is 3.77. The molecule has 2 aliphatic rings. The van der Waals surface area contributed by atoms with E-state index in [9.17, 15) is 0 Å². The monoisotopic (exact) mass is 646 g/mol. The summed E-state index contributed by atoms with van der Waals surface area (Å²) in [5.41, 5.74) is 19.8. The lowest BCUT2D eigenvalue weighted by Crippen LogP contribution is -2.26. The van der Waals surface area contributed by atoms with Crippen molar-refractivity contribution in [3.63, 3.8) is 0 Å². The molecule has 2 N–H and O–H groups in total. The van der Waals surface area contributed by atoms with Gasteiger partial charge in [0, 0.05) is 43.7 Å². The molecule has 0 aliphatic heterocycles. The van der Waals surface area contributed by atoms with Crippen LogP contribution in [-0.2, 0) is 5.41 Å². The number of nitrogens with one attached hydrogen (secondary N) is 2. The van der Waals surface area contributed by atoms with Crippen LogP contribution in [0.3, 0.4) is 0 Å². The lowest BCUT2D eigenvalue weighted by atomic mass is 9.70. The predicted octanol–water partition coefficient (Wildman–Crippen LogP) is 12.6. The number of hydrogen-bond donors (Lipinski definition) is 2. The molecule has 0 unspecified atom stereocenters. The zero-order valence-electron chi connectivity index (χ0n) is 27.7. The van der Waals surface area contributed by atoms with E-state index in [1.807, 2.05) is 0 Å². The van der Waals surface area contributed by atoms with E-state index in [2.05, 4.69) is 180 Å². The third-order valence-electron chi connectivity index (χ3n) is 11.8. The van der Waals surface area contributed by atoms with E-state index in [-0.39, 0.29) is 0 Å². The van der Waals surface area contributed by atoms with E-state index in [0.717, 1.165) is 0 Å². The Morgan fingerprint density at radius 2 is 0.686 bits per heavy atom. The average molecular weight is 647 g/mol. The molecule has 8 aromatic carbocycles. The Morgan fingerprint density at radius 3 is 1.20 bits per heavy atom. The van der Waals surface area contributed by atoms with Crippen LogP contribution in [0.5, 0.6) is 0 Å². The van der Waals surface area contributed by atoms with Gasteiger partial charge in [-0.3, -0.25) is 0 Å². The minimum atomic E-state index is -0.452. The topological polar surface area (TPSA) is 31.6 Å². The molecule has 0 amide bonds. The number of hydrogen-bond acceptors (Lipinski definition) is 0. The van der Waals surface area contributed by atoms with E-state index in [4.69, 9.17) is 0 Å². The highest BCUT2D eigenvalue weighted by molar-refractivity contribution is 6.13. The van der Waals surface area contributed by atoms with Gasteiger partial charge in [0.1, 0.15) is 0 Å². The molecule has 2 nitrogen and oxygen atoms in total. The number of rotatable bonds is 2. The fourth-order valence-corrected chi connectivity index (χ4v) is 9.70. The summed E-state index contributed by atoms with van der Waals surface area (Å²) in [5, 5.41) is 5.04.